The number of nitrogens with one attached hydrogen (secondary N) is 5. The van der Waals surface area contributed by atoms with Crippen molar-refractivity contribution in [2.45, 2.75) is 62.7 Å². The summed E-state index contributed by atoms with van der Waals surface area (Å²) >= 11 is 0. The molecule has 0 spiro atoms. The van der Waals surface area contributed by atoms with E-state index in [-0.39, 0.29) is 17.8 Å². The Kier molecular flexibility index (Phi) is 6.32. The molecule has 1 aromatic carbocycles. The summed E-state index contributed by atoms with van der Waals surface area (Å²) in [7, 11) is 0. The van der Waals surface area contributed by atoms with E-state index in [4.69, 9.17) is 0 Å². The highest BCUT2D eigenvalue weighted by atomic mass is 19.4. The van der Waals surface area contributed by atoms with Crippen LogP contribution in [0.4, 0.5) is 41.2 Å². The Morgan fingerprint density at radius 3 is 2.58 bits per heavy atom. The van der Waals surface area contributed by atoms with E-state index in [9.17, 15) is 18.0 Å². The van der Waals surface area contributed by atoms with Crippen LogP contribution in [0.1, 0.15) is 55.7 Å². The number of aromatic amines is 1. The zero-order valence-electron chi connectivity index (χ0n) is 20.6. The minimum atomic E-state index is -4.46. The molecule has 3 aliphatic rings. The molecular formula is C26H29F3N8O. The van der Waals surface area contributed by atoms with Crippen molar-refractivity contribution in [3.05, 3.63) is 53.9 Å². The second-order valence-corrected chi connectivity index (χ2v) is 10.4. The first-order chi connectivity index (χ1) is 18.3. The first kappa shape index (κ1) is 24.5. The molecule has 3 saturated carbocycles. The number of fused-ring (bicyclic) bond motifs is 1. The summed E-state index contributed by atoms with van der Waals surface area (Å²) in [6.07, 6.45) is 3.86. The van der Waals surface area contributed by atoms with Gasteiger partial charge in [0.25, 0.3) is 0 Å². The number of carbonyl (C=O) groups excluding carboxylic acids is 1. The van der Waals surface area contributed by atoms with E-state index in [2.05, 4.69) is 41.4 Å². The van der Waals surface area contributed by atoms with Gasteiger partial charge in [-0.15, -0.1) is 0 Å². The van der Waals surface area contributed by atoms with Gasteiger partial charge in [-0.25, -0.2) is 9.78 Å². The molecule has 0 aliphatic heterocycles. The molecule has 38 heavy (non-hydrogen) atoms. The van der Waals surface area contributed by atoms with Gasteiger partial charge in [0.05, 0.1) is 5.56 Å². The molecule has 2 unspecified atom stereocenters. The topological polar surface area (TPSA) is 120 Å². The molecule has 3 fully saturated rings. The zero-order valence-corrected chi connectivity index (χ0v) is 20.6. The lowest BCUT2D eigenvalue weighted by Crippen LogP contribution is -2.34. The summed E-state index contributed by atoms with van der Waals surface area (Å²) < 4.78 is 38.7. The van der Waals surface area contributed by atoms with E-state index in [1.54, 1.807) is 12.3 Å². The Bertz CT molecular complexity index is 1290. The normalized spacial score (nSPS) is 24.6. The lowest BCUT2D eigenvalue weighted by molar-refractivity contribution is -0.137. The number of carbonyl (C=O) groups is 1. The Hall–Kier alpha value is -3.83. The molecule has 5 N–H and O–H groups in total. The fourth-order valence-electron chi connectivity index (χ4n) is 5.92. The maximum absolute atomic E-state index is 12.9. The third-order valence-electron chi connectivity index (χ3n) is 7.83. The monoisotopic (exact) mass is 526 g/mol. The quantitative estimate of drug-likeness (QED) is 0.272. The largest absolute Gasteiger partial charge is 0.416 e. The number of hydrogen-bond acceptors (Lipinski definition) is 6. The van der Waals surface area contributed by atoms with Crippen molar-refractivity contribution >= 4 is 29.3 Å². The van der Waals surface area contributed by atoms with Crippen LogP contribution >= 0.6 is 0 Å². The van der Waals surface area contributed by atoms with Gasteiger partial charge in [0, 0.05) is 41.6 Å². The number of rotatable bonds is 7. The van der Waals surface area contributed by atoms with Crippen molar-refractivity contribution in [3.63, 3.8) is 0 Å². The molecule has 2 aromatic heterocycles. The van der Waals surface area contributed by atoms with E-state index >= 15 is 0 Å². The van der Waals surface area contributed by atoms with E-state index in [0.29, 0.717) is 29.5 Å². The highest BCUT2D eigenvalue weighted by Crippen LogP contribution is 2.52. The van der Waals surface area contributed by atoms with Crippen LogP contribution in [0, 0.1) is 11.8 Å². The Balaban J connectivity index is 0.973. The number of urea groups is 1. The Labute approximate surface area is 217 Å². The maximum Gasteiger partial charge on any atom is 0.416 e. The standard InChI is InChI=1S/C26H29F3N8O/c27-26(28,29)15-6-3-7-16(10-15)32-25(38)35-23-18-11-17(12-19(18)23)31-24-30-9-8-21(34-24)33-22-13-20(36-37-22)14-4-1-2-5-14/h3,6-10,13-14,17-19,23H,1-2,4-5,11-12H2,(H2,32,35,38)(H3,30,31,33,34,36,37)/t17?,18-,19+,23?. The molecule has 6 rings (SSSR count). The number of aromatic nitrogens is 4. The van der Waals surface area contributed by atoms with Crippen LogP contribution in [-0.4, -0.2) is 38.3 Å². The summed E-state index contributed by atoms with van der Waals surface area (Å²) in [5.74, 6) is 3.11. The van der Waals surface area contributed by atoms with Gasteiger partial charge in [-0.2, -0.15) is 23.3 Å². The summed E-state index contributed by atoms with van der Waals surface area (Å²) in [6.45, 7) is 0. The Morgan fingerprint density at radius 1 is 1.03 bits per heavy atom. The van der Waals surface area contributed by atoms with Crippen LogP contribution in [0.3, 0.4) is 0 Å². The summed E-state index contributed by atoms with van der Waals surface area (Å²) in [5.41, 5.74) is 0.472. The van der Waals surface area contributed by atoms with Gasteiger partial charge in [0.1, 0.15) is 5.82 Å². The molecule has 2 heterocycles. The molecular weight excluding hydrogens is 497 g/mol. The maximum atomic E-state index is 12.9. The number of H-pyrrole nitrogens is 1. The van der Waals surface area contributed by atoms with E-state index < -0.39 is 17.8 Å². The van der Waals surface area contributed by atoms with Gasteiger partial charge in [0.15, 0.2) is 5.82 Å². The second-order valence-electron chi connectivity index (χ2n) is 10.4. The molecule has 0 bridgehead atoms. The fourth-order valence-corrected chi connectivity index (χ4v) is 5.92. The van der Waals surface area contributed by atoms with Crippen molar-refractivity contribution in [3.8, 4) is 0 Å². The first-order valence-electron chi connectivity index (χ1n) is 13.0. The van der Waals surface area contributed by atoms with Crippen LogP contribution in [0.5, 0.6) is 0 Å². The lowest BCUT2D eigenvalue weighted by atomic mass is 10.0. The number of alkyl halides is 3. The smallest absolute Gasteiger partial charge is 0.351 e. The SMILES string of the molecule is O=C(Nc1cccc(C(F)(F)F)c1)NC1[C@H]2CC(Nc3nccc(Nc4cc(C5CCCC5)[nH]n4)n3)C[C@@H]12. The number of hydrogen-bond donors (Lipinski definition) is 5. The van der Waals surface area contributed by atoms with Gasteiger partial charge < -0.3 is 21.3 Å². The number of amides is 2. The summed E-state index contributed by atoms with van der Waals surface area (Å²) in [6, 6.07) is 8.16. The van der Waals surface area contributed by atoms with Gasteiger partial charge in [-0.3, -0.25) is 5.10 Å². The van der Waals surface area contributed by atoms with E-state index in [1.165, 1.54) is 37.8 Å². The molecule has 200 valence electrons. The highest BCUT2D eigenvalue weighted by Gasteiger charge is 2.56. The van der Waals surface area contributed by atoms with Gasteiger partial charge in [-0.1, -0.05) is 18.9 Å². The molecule has 12 heteroatoms. The van der Waals surface area contributed by atoms with Crippen LogP contribution in [0.15, 0.2) is 42.6 Å². The van der Waals surface area contributed by atoms with Gasteiger partial charge >= 0.3 is 12.2 Å². The van der Waals surface area contributed by atoms with Crippen molar-refractivity contribution in [1.29, 1.82) is 0 Å². The highest BCUT2D eigenvalue weighted by molar-refractivity contribution is 5.89. The minimum absolute atomic E-state index is 0.0153. The summed E-state index contributed by atoms with van der Waals surface area (Å²) in [5, 5.41) is 19.5. The fraction of sp³-hybridized carbons (Fsp3) is 0.462. The Morgan fingerprint density at radius 2 is 1.82 bits per heavy atom. The van der Waals surface area contributed by atoms with Crippen LogP contribution in [0.25, 0.3) is 0 Å². The van der Waals surface area contributed by atoms with Crippen LogP contribution in [0.2, 0.25) is 0 Å². The molecule has 2 amide bonds. The number of benzene rings is 1. The molecule has 3 aliphatic carbocycles. The van der Waals surface area contributed by atoms with Crippen molar-refractivity contribution in [2.75, 3.05) is 16.0 Å². The van der Waals surface area contributed by atoms with E-state index in [1.807, 2.05) is 6.07 Å². The molecule has 9 nitrogen and oxygen atoms in total. The second kappa shape index (κ2) is 9.80. The third-order valence-corrected chi connectivity index (χ3v) is 7.83. The molecule has 0 radical (unpaired) electrons. The average Bonchev–Trinajstić information content (AvgIpc) is 3.40. The predicted molar refractivity (Wildman–Crippen MR) is 136 cm³/mol. The molecule has 4 atom stereocenters. The predicted octanol–water partition coefficient (Wildman–Crippen LogP) is 5.63. The average molecular weight is 527 g/mol. The lowest BCUT2D eigenvalue weighted by Gasteiger charge is -2.17. The third kappa shape index (κ3) is 5.39. The minimum Gasteiger partial charge on any atom is -0.351 e. The van der Waals surface area contributed by atoms with Crippen molar-refractivity contribution in [2.24, 2.45) is 11.8 Å². The molecule has 0 saturated heterocycles. The first-order valence-corrected chi connectivity index (χ1v) is 13.0. The van der Waals surface area contributed by atoms with Gasteiger partial charge in [-0.05, 0) is 61.8 Å². The number of halogens is 3. The van der Waals surface area contributed by atoms with Gasteiger partial charge in [0.2, 0.25) is 5.95 Å². The number of anilines is 4. The summed E-state index contributed by atoms with van der Waals surface area (Å²) in [4.78, 5) is 21.2. The van der Waals surface area contributed by atoms with Crippen molar-refractivity contribution < 1.29 is 18.0 Å². The van der Waals surface area contributed by atoms with Crippen molar-refractivity contribution in [1.82, 2.24) is 25.5 Å². The zero-order chi connectivity index (χ0) is 26.3. The van der Waals surface area contributed by atoms with E-state index in [0.717, 1.165) is 36.5 Å². The van der Waals surface area contributed by atoms with Crippen LogP contribution < -0.4 is 21.3 Å². The molecule has 3 aromatic rings. The van der Waals surface area contributed by atoms with Crippen LogP contribution in [-0.2, 0) is 6.18 Å². The number of nitrogens with zero attached hydrogens (tertiary/aromatic N) is 3.